The van der Waals surface area contributed by atoms with E-state index in [1.54, 1.807) is 0 Å². The molecule has 0 spiro atoms. The number of piperidine rings is 1. The molecule has 102 valence electrons. The van der Waals surface area contributed by atoms with Gasteiger partial charge in [0.2, 0.25) is 0 Å². The second kappa shape index (κ2) is 5.74. The molecule has 0 aromatic heterocycles. The predicted molar refractivity (Wildman–Crippen MR) is 74.0 cm³/mol. The molecule has 19 heavy (non-hydrogen) atoms. The predicted octanol–water partition coefficient (Wildman–Crippen LogP) is 2.72. The van der Waals surface area contributed by atoms with Gasteiger partial charge >= 0.3 is 5.97 Å². The molecule has 0 saturated carbocycles. The quantitative estimate of drug-likeness (QED) is 0.782. The van der Waals surface area contributed by atoms with Crippen molar-refractivity contribution in [3.8, 4) is 0 Å². The van der Waals surface area contributed by atoms with E-state index >= 15 is 0 Å². The molecule has 0 amide bonds. The number of nitrogens with zero attached hydrogens (tertiary/aromatic N) is 1. The minimum absolute atomic E-state index is 0.185. The van der Waals surface area contributed by atoms with Crippen molar-refractivity contribution in [2.45, 2.75) is 31.7 Å². The van der Waals surface area contributed by atoms with E-state index in [-0.39, 0.29) is 5.97 Å². The smallest absolute Gasteiger partial charge is 0.338 e. The molecule has 2 aliphatic heterocycles. The largest absolute Gasteiger partial charge is 0.462 e. The standard InChI is InChI=1S/C16H21NO2/c18-16(13-6-2-1-3-7-13)19-12-14-9-11-17-10-5-4-8-15(14)17/h1-3,6-7,14-15H,4-5,8-12H2/t14-,15+/m1/s1. The number of hydrogen-bond donors (Lipinski definition) is 0. The van der Waals surface area contributed by atoms with Crippen LogP contribution >= 0.6 is 0 Å². The van der Waals surface area contributed by atoms with E-state index in [9.17, 15) is 4.79 Å². The molecule has 3 rings (SSSR count). The lowest BCUT2D eigenvalue weighted by atomic mass is 9.94. The van der Waals surface area contributed by atoms with Gasteiger partial charge in [0.25, 0.3) is 0 Å². The van der Waals surface area contributed by atoms with Gasteiger partial charge in [0.1, 0.15) is 0 Å². The number of carbonyl (C=O) groups is 1. The molecule has 0 unspecified atom stereocenters. The summed E-state index contributed by atoms with van der Waals surface area (Å²) >= 11 is 0. The van der Waals surface area contributed by atoms with Crippen LogP contribution in [0.25, 0.3) is 0 Å². The maximum Gasteiger partial charge on any atom is 0.338 e. The molecule has 2 atom stereocenters. The second-order valence-electron chi connectivity index (χ2n) is 5.61. The number of esters is 1. The average Bonchev–Trinajstić information content (AvgIpc) is 2.89. The third-order valence-corrected chi connectivity index (χ3v) is 4.43. The van der Waals surface area contributed by atoms with Gasteiger partial charge in [0, 0.05) is 12.0 Å². The van der Waals surface area contributed by atoms with Crippen LogP contribution in [0.5, 0.6) is 0 Å². The van der Waals surface area contributed by atoms with Gasteiger partial charge in [-0.15, -0.1) is 0 Å². The van der Waals surface area contributed by atoms with E-state index in [1.807, 2.05) is 30.3 Å². The molecule has 3 heteroatoms. The van der Waals surface area contributed by atoms with Crippen LogP contribution in [-0.4, -0.2) is 36.6 Å². The van der Waals surface area contributed by atoms with Crippen LogP contribution in [0, 0.1) is 5.92 Å². The lowest BCUT2D eigenvalue weighted by Gasteiger charge is -2.32. The Morgan fingerprint density at radius 1 is 1.16 bits per heavy atom. The van der Waals surface area contributed by atoms with Crippen molar-refractivity contribution in [3.05, 3.63) is 35.9 Å². The number of fused-ring (bicyclic) bond motifs is 1. The van der Waals surface area contributed by atoms with Crippen LogP contribution in [0.3, 0.4) is 0 Å². The van der Waals surface area contributed by atoms with Crippen LogP contribution in [0.1, 0.15) is 36.0 Å². The Morgan fingerprint density at radius 2 is 2.00 bits per heavy atom. The molecule has 1 aromatic carbocycles. The molecule has 3 nitrogen and oxygen atoms in total. The molecule has 0 aliphatic carbocycles. The molecule has 0 bridgehead atoms. The van der Waals surface area contributed by atoms with Gasteiger partial charge in [-0.1, -0.05) is 24.6 Å². The van der Waals surface area contributed by atoms with Crippen molar-refractivity contribution in [1.82, 2.24) is 4.90 Å². The van der Waals surface area contributed by atoms with Gasteiger partial charge in [0.15, 0.2) is 0 Å². The minimum atomic E-state index is -0.185. The van der Waals surface area contributed by atoms with Gasteiger partial charge < -0.3 is 4.74 Å². The maximum atomic E-state index is 11.9. The highest BCUT2D eigenvalue weighted by atomic mass is 16.5. The molecule has 2 heterocycles. The molecular formula is C16H21NO2. The zero-order valence-corrected chi connectivity index (χ0v) is 11.3. The van der Waals surface area contributed by atoms with Gasteiger partial charge in [0.05, 0.1) is 12.2 Å². The summed E-state index contributed by atoms with van der Waals surface area (Å²) in [5.74, 6) is 0.350. The average molecular weight is 259 g/mol. The zero-order valence-electron chi connectivity index (χ0n) is 11.3. The van der Waals surface area contributed by atoms with Gasteiger partial charge in [-0.25, -0.2) is 4.79 Å². The Balaban J connectivity index is 1.54. The highest BCUT2D eigenvalue weighted by Crippen LogP contribution is 2.31. The molecule has 2 fully saturated rings. The van der Waals surface area contributed by atoms with Crippen molar-refractivity contribution in [1.29, 1.82) is 0 Å². The first-order valence-corrected chi connectivity index (χ1v) is 7.31. The van der Waals surface area contributed by atoms with E-state index in [1.165, 1.54) is 38.8 Å². The lowest BCUT2D eigenvalue weighted by Crippen LogP contribution is -2.38. The number of hydrogen-bond acceptors (Lipinski definition) is 3. The van der Waals surface area contributed by atoms with Crippen LogP contribution in [0.4, 0.5) is 0 Å². The maximum absolute atomic E-state index is 11.9. The Bertz CT molecular complexity index is 432. The normalized spacial score (nSPS) is 26.9. The van der Waals surface area contributed by atoms with E-state index in [4.69, 9.17) is 4.74 Å². The van der Waals surface area contributed by atoms with Crippen LogP contribution in [-0.2, 0) is 4.74 Å². The van der Waals surface area contributed by atoms with E-state index < -0.39 is 0 Å². The Morgan fingerprint density at radius 3 is 2.84 bits per heavy atom. The van der Waals surface area contributed by atoms with Gasteiger partial charge in [-0.2, -0.15) is 0 Å². The van der Waals surface area contributed by atoms with Crippen LogP contribution in [0.2, 0.25) is 0 Å². The molecule has 1 aromatic rings. The van der Waals surface area contributed by atoms with Crippen LogP contribution in [0.15, 0.2) is 30.3 Å². The Kier molecular flexibility index (Phi) is 3.83. The number of rotatable bonds is 3. The summed E-state index contributed by atoms with van der Waals surface area (Å²) in [6.07, 6.45) is 5.09. The summed E-state index contributed by atoms with van der Waals surface area (Å²) in [4.78, 5) is 14.5. The summed E-state index contributed by atoms with van der Waals surface area (Å²) in [5, 5.41) is 0. The fraction of sp³-hybridized carbons (Fsp3) is 0.562. The van der Waals surface area contributed by atoms with Crippen molar-refractivity contribution >= 4 is 5.97 Å². The second-order valence-corrected chi connectivity index (χ2v) is 5.61. The van der Waals surface area contributed by atoms with Crippen molar-refractivity contribution < 1.29 is 9.53 Å². The van der Waals surface area contributed by atoms with E-state index in [0.29, 0.717) is 24.1 Å². The monoisotopic (exact) mass is 259 g/mol. The summed E-state index contributed by atoms with van der Waals surface area (Å²) < 4.78 is 5.50. The highest BCUT2D eigenvalue weighted by Gasteiger charge is 2.35. The van der Waals surface area contributed by atoms with Crippen LogP contribution < -0.4 is 0 Å². The van der Waals surface area contributed by atoms with Gasteiger partial charge in [-0.3, -0.25) is 4.90 Å². The number of benzene rings is 1. The van der Waals surface area contributed by atoms with E-state index in [2.05, 4.69) is 4.90 Å². The number of carbonyl (C=O) groups excluding carboxylic acids is 1. The summed E-state index contributed by atoms with van der Waals surface area (Å²) in [7, 11) is 0. The summed E-state index contributed by atoms with van der Waals surface area (Å²) in [6, 6.07) is 9.92. The SMILES string of the molecule is O=C(OC[C@H]1CCN2CCCC[C@@H]12)c1ccccc1. The Labute approximate surface area is 114 Å². The first-order valence-electron chi connectivity index (χ1n) is 7.31. The lowest BCUT2D eigenvalue weighted by molar-refractivity contribution is 0.0389. The van der Waals surface area contributed by atoms with Crippen molar-refractivity contribution in [2.24, 2.45) is 5.92 Å². The van der Waals surface area contributed by atoms with E-state index in [0.717, 1.165) is 0 Å². The van der Waals surface area contributed by atoms with Crippen molar-refractivity contribution in [2.75, 3.05) is 19.7 Å². The Hall–Kier alpha value is -1.35. The number of ether oxygens (including phenoxy) is 1. The molecule has 0 radical (unpaired) electrons. The van der Waals surface area contributed by atoms with Crippen molar-refractivity contribution in [3.63, 3.8) is 0 Å². The fourth-order valence-corrected chi connectivity index (χ4v) is 3.39. The molecule has 2 aliphatic rings. The fourth-order valence-electron chi connectivity index (χ4n) is 3.39. The molecule has 0 N–H and O–H groups in total. The first kappa shape index (κ1) is 12.7. The topological polar surface area (TPSA) is 29.5 Å². The summed E-state index contributed by atoms with van der Waals surface area (Å²) in [5.41, 5.74) is 0.654. The first-order chi connectivity index (χ1) is 9.34. The minimum Gasteiger partial charge on any atom is -0.462 e. The molecular weight excluding hydrogens is 238 g/mol. The van der Waals surface area contributed by atoms with Gasteiger partial charge in [-0.05, 0) is 44.5 Å². The molecule has 2 saturated heterocycles. The third kappa shape index (κ3) is 2.81. The summed E-state index contributed by atoms with van der Waals surface area (Å²) in [6.45, 7) is 2.99. The third-order valence-electron chi connectivity index (χ3n) is 4.43. The zero-order chi connectivity index (χ0) is 13.1. The highest BCUT2D eigenvalue weighted by molar-refractivity contribution is 5.89.